The number of nitrogens with zero attached hydrogens (tertiary/aromatic N) is 4. The number of aromatic nitrogens is 4. The standard InChI is InChI=1S/C14H18N6O/c1-9-5-17-11(6-16-9)7-18-14(21)12-8-20-4-3-15-10(2)13(20)19-12/h5-6,8,10,15H,3-4,7H2,1-2H3,(H,18,21). The van der Waals surface area contributed by atoms with Crippen molar-refractivity contribution >= 4 is 5.91 Å². The molecule has 7 heteroatoms. The molecule has 0 aromatic carbocycles. The third kappa shape index (κ3) is 2.92. The number of amides is 1. The van der Waals surface area contributed by atoms with Gasteiger partial charge in [0.25, 0.3) is 5.91 Å². The molecule has 0 spiro atoms. The summed E-state index contributed by atoms with van der Waals surface area (Å²) >= 11 is 0. The van der Waals surface area contributed by atoms with E-state index in [0.29, 0.717) is 12.2 Å². The second kappa shape index (κ2) is 5.61. The molecule has 110 valence electrons. The summed E-state index contributed by atoms with van der Waals surface area (Å²) in [5.41, 5.74) is 2.03. The van der Waals surface area contributed by atoms with E-state index in [1.54, 1.807) is 12.4 Å². The zero-order valence-electron chi connectivity index (χ0n) is 12.1. The Morgan fingerprint density at radius 3 is 3.05 bits per heavy atom. The normalized spacial score (nSPS) is 17.3. The quantitative estimate of drug-likeness (QED) is 0.862. The van der Waals surface area contributed by atoms with E-state index in [9.17, 15) is 4.79 Å². The van der Waals surface area contributed by atoms with Gasteiger partial charge in [-0.3, -0.25) is 14.8 Å². The van der Waals surface area contributed by atoms with Crippen LogP contribution in [-0.4, -0.2) is 32.0 Å². The Bertz CT molecular complexity index is 648. The highest BCUT2D eigenvalue weighted by atomic mass is 16.1. The van der Waals surface area contributed by atoms with Crippen LogP contribution in [0.2, 0.25) is 0 Å². The summed E-state index contributed by atoms with van der Waals surface area (Å²) < 4.78 is 2.03. The van der Waals surface area contributed by atoms with Gasteiger partial charge in [-0.25, -0.2) is 4.98 Å². The van der Waals surface area contributed by atoms with E-state index in [1.807, 2.05) is 24.6 Å². The third-order valence-electron chi connectivity index (χ3n) is 3.50. The average Bonchev–Trinajstić information content (AvgIpc) is 2.92. The summed E-state index contributed by atoms with van der Waals surface area (Å²) in [6.45, 7) is 6.00. The Morgan fingerprint density at radius 1 is 1.48 bits per heavy atom. The smallest absolute Gasteiger partial charge is 0.271 e. The van der Waals surface area contributed by atoms with Gasteiger partial charge in [-0.05, 0) is 13.8 Å². The Hall–Kier alpha value is -2.28. The van der Waals surface area contributed by atoms with Gasteiger partial charge in [-0.1, -0.05) is 0 Å². The number of aryl methyl sites for hydroxylation is 1. The summed E-state index contributed by atoms with van der Waals surface area (Å²) in [5, 5.41) is 6.14. The molecule has 0 fully saturated rings. The lowest BCUT2D eigenvalue weighted by Gasteiger charge is -2.21. The molecule has 1 amide bonds. The fourth-order valence-corrected chi connectivity index (χ4v) is 2.33. The highest BCUT2D eigenvalue weighted by molar-refractivity contribution is 5.92. The average molecular weight is 286 g/mol. The Balaban J connectivity index is 1.67. The molecule has 2 N–H and O–H groups in total. The first-order valence-corrected chi connectivity index (χ1v) is 6.99. The first-order valence-electron chi connectivity index (χ1n) is 6.99. The van der Waals surface area contributed by atoms with Crippen molar-refractivity contribution in [2.24, 2.45) is 0 Å². The van der Waals surface area contributed by atoms with Crippen LogP contribution in [0.5, 0.6) is 0 Å². The maximum Gasteiger partial charge on any atom is 0.271 e. The molecule has 3 heterocycles. The van der Waals surface area contributed by atoms with E-state index >= 15 is 0 Å². The Kier molecular flexibility index (Phi) is 3.66. The van der Waals surface area contributed by atoms with Crippen molar-refractivity contribution in [2.75, 3.05) is 6.54 Å². The number of carbonyl (C=O) groups is 1. The van der Waals surface area contributed by atoms with Crippen LogP contribution in [0.4, 0.5) is 0 Å². The minimum atomic E-state index is -0.188. The molecule has 1 aliphatic rings. The minimum Gasteiger partial charge on any atom is -0.345 e. The van der Waals surface area contributed by atoms with E-state index in [-0.39, 0.29) is 11.9 Å². The van der Waals surface area contributed by atoms with Crippen LogP contribution in [0.3, 0.4) is 0 Å². The van der Waals surface area contributed by atoms with E-state index in [4.69, 9.17) is 0 Å². The van der Waals surface area contributed by atoms with Gasteiger partial charge in [-0.15, -0.1) is 0 Å². The van der Waals surface area contributed by atoms with Gasteiger partial charge in [0.15, 0.2) is 0 Å². The van der Waals surface area contributed by atoms with E-state index < -0.39 is 0 Å². The van der Waals surface area contributed by atoms with Crippen molar-refractivity contribution in [3.63, 3.8) is 0 Å². The highest BCUT2D eigenvalue weighted by Gasteiger charge is 2.21. The molecule has 0 saturated carbocycles. The second-order valence-corrected chi connectivity index (χ2v) is 5.19. The van der Waals surface area contributed by atoms with Crippen molar-refractivity contribution in [1.29, 1.82) is 0 Å². The lowest BCUT2D eigenvalue weighted by Crippen LogP contribution is -2.31. The maximum absolute atomic E-state index is 12.2. The number of nitrogens with one attached hydrogen (secondary N) is 2. The van der Waals surface area contributed by atoms with Crippen molar-refractivity contribution in [1.82, 2.24) is 30.2 Å². The monoisotopic (exact) mass is 286 g/mol. The largest absolute Gasteiger partial charge is 0.345 e. The molecule has 0 saturated heterocycles. The fourth-order valence-electron chi connectivity index (χ4n) is 2.33. The predicted octanol–water partition coefficient (Wildman–Crippen LogP) is 0.576. The molecule has 0 bridgehead atoms. The number of imidazole rings is 1. The fraction of sp³-hybridized carbons (Fsp3) is 0.429. The number of fused-ring (bicyclic) bond motifs is 1. The first-order chi connectivity index (χ1) is 10.1. The molecule has 1 unspecified atom stereocenters. The van der Waals surface area contributed by atoms with Crippen molar-refractivity contribution in [2.45, 2.75) is 33.0 Å². The molecule has 2 aromatic rings. The highest BCUT2D eigenvalue weighted by Crippen LogP contribution is 2.16. The van der Waals surface area contributed by atoms with Crippen LogP contribution in [0.15, 0.2) is 18.6 Å². The predicted molar refractivity (Wildman–Crippen MR) is 76.6 cm³/mol. The lowest BCUT2D eigenvalue weighted by molar-refractivity contribution is 0.0945. The molecular formula is C14H18N6O. The van der Waals surface area contributed by atoms with Crippen molar-refractivity contribution < 1.29 is 4.79 Å². The molecule has 3 rings (SSSR count). The SMILES string of the molecule is Cc1cnc(CNC(=O)c2cn3c(n2)C(C)NCC3)cn1. The van der Waals surface area contributed by atoms with E-state index in [0.717, 1.165) is 30.3 Å². The lowest BCUT2D eigenvalue weighted by atomic mass is 10.2. The minimum absolute atomic E-state index is 0.170. The number of hydrogen-bond acceptors (Lipinski definition) is 5. The van der Waals surface area contributed by atoms with Gasteiger partial charge in [0, 0.05) is 25.5 Å². The van der Waals surface area contributed by atoms with Crippen molar-refractivity contribution in [3.8, 4) is 0 Å². The molecule has 1 aliphatic heterocycles. The maximum atomic E-state index is 12.2. The van der Waals surface area contributed by atoms with Crippen LogP contribution in [0, 0.1) is 6.92 Å². The molecule has 1 atom stereocenters. The van der Waals surface area contributed by atoms with Crippen LogP contribution in [0.1, 0.15) is 40.7 Å². The number of hydrogen-bond donors (Lipinski definition) is 2. The van der Waals surface area contributed by atoms with Crippen LogP contribution in [0.25, 0.3) is 0 Å². The molecule has 7 nitrogen and oxygen atoms in total. The summed E-state index contributed by atoms with van der Waals surface area (Å²) in [4.78, 5) is 24.9. The molecule has 0 radical (unpaired) electrons. The number of carbonyl (C=O) groups excluding carboxylic acids is 1. The number of rotatable bonds is 3. The Labute approximate surface area is 122 Å². The zero-order valence-corrected chi connectivity index (χ0v) is 12.1. The van der Waals surface area contributed by atoms with E-state index in [1.165, 1.54) is 0 Å². The molecule has 21 heavy (non-hydrogen) atoms. The van der Waals surface area contributed by atoms with Crippen LogP contribution in [-0.2, 0) is 13.1 Å². The molecule has 0 aliphatic carbocycles. The van der Waals surface area contributed by atoms with Gasteiger partial charge >= 0.3 is 0 Å². The first kappa shape index (κ1) is 13.7. The van der Waals surface area contributed by atoms with Gasteiger partial charge in [0.05, 0.1) is 30.2 Å². The van der Waals surface area contributed by atoms with E-state index in [2.05, 4.69) is 25.6 Å². The topological polar surface area (TPSA) is 84.7 Å². The molecule has 2 aromatic heterocycles. The van der Waals surface area contributed by atoms with Gasteiger partial charge in [-0.2, -0.15) is 0 Å². The van der Waals surface area contributed by atoms with Crippen LogP contribution >= 0.6 is 0 Å². The van der Waals surface area contributed by atoms with Crippen molar-refractivity contribution in [3.05, 3.63) is 41.5 Å². The third-order valence-corrected chi connectivity index (χ3v) is 3.50. The summed E-state index contributed by atoms with van der Waals surface area (Å²) in [7, 11) is 0. The summed E-state index contributed by atoms with van der Waals surface area (Å²) in [5.74, 6) is 0.716. The molecular weight excluding hydrogens is 268 g/mol. The van der Waals surface area contributed by atoms with Gasteiger partial charge in [0.2, 0.25) is 0 Å². The zero-order chi connectivity index (χ0) is 14.8. The Morgan fingerprint density at radius 2 is 2.33 bits per heavy atom. The van der Waals surface area contributed by atoms with Crippen LogP contribution < -0.4 is 10.6 Å². The summed E-state index contributed by atoms with van der Waals surface area (Å²) in [6, 6.07) is 0.170. The van der Waals surface area contributed by atoms with Gasteiger partial charge < -0.3 is 15.2 Å². The summed E-state index contributed by atoms with van der Waals surface area (Å²) in [6.07, 6.45) is 5.16. The van der Waals surface area contributed by atoms with Gasteiger partial charge in [0.1, 0.15) is 11.5 Å². The second-order valence-electron chi connectivity index (χ2n) is 5.19.